The van der Waals surface area contributed by atoms with Crippen molar-refractivity contribution in [1.29, 1.82) is 0 Å². The summed E-state index contributed by atoms with van der Waals surface area (Å²) < 4.78 is 42.6. The third-order valence-corrected chi connectivity index (χ3v) is 5.10. The van der Waals surface area contributed by atoms with Crippen LogP contribution in [0.2, 0.25) is 0 Å². The Balaban J connectivity index is 2.24. The maximum absolute atomic E-state index is 14.2. The largest absolute Gasteiger partial charge is 0.409 e. The van der Waals surface area contributed by atoms with Crippen LogP contribution in [0.15, 0.2) is 36.4 Å². The van der Waals surface area contributed by atoms with Gasteiger partial charge in [-0.3, -0.25) is 10.2 Å². The molecule has 0 aromatic heterocycles. The van der Waals surface area contributed by atoms with Gasteiger partial charge in [0, 0.05) is 6.54 Å². The van der Waals surface area contributed by atoms with Gasteiger partial charge in [-0.25, -0.2) is 5.01 Å². The first kappa shape index (κ1) is 19.7. The Hall–Kier alpha value is -2.08. The summed E-state index contributed by atoms with van der Waals surface area (Å²) in [6.45, 7) is 9.22. The summed E-state index contributed by atoms with van der Waals surface area (Å²) in [5.41, 5.74) is 2.27. The van der Waals surface area contributed by atoms with Gasteiger partial charge in [-0.05, 0) is 41.2 Å². The number of hydrogen-bond acceptors (Lipinski definition) is 2. The van der Waals surface area contributed by atoms with Gasteiger partial charge >= 0.3 is 6.18 Å². The lowest BCUT2D eigenvalue weighted by molar-refractivity contribution is -0.191. The van der Waals surface area contributed by atoms with Gasteiger partial charge in [0.1, 0.15) is 0 Å². The number of hydrazine groups is 1. The van der Waals surface area contributed by atoms with Gasteiger partial charge in [0.2, 0.25) is 5.91 Å². The van der Waals surface area contributed by atoms with Gasteiger partial charge in [-0.15, -0.1) is 0 Å². The lowest BCUT2D eigenvalue weighted by Gasteiger charge is -2.32. The van der Waals surface area contributed by atoms with E-state index < -0.39 is 23.5 Å². The minimum Gasteiger partial charge on any atom is -0.287 e. The average Bonchev–Trinajstić information content (AvgIpc) is 2.77. The van der Waals surface area contributed by atoms with Gasteiger partial charge in [0.05, 0.1) is 5.41 Å². The summed E-state index contributed by atoms with van der Waals surface area (Å²) in [6.07, 6.45) is -4.53. The SMILES string of the molecule is CC1(C)CN(C(c2cc(C(C)(C)C)cc3ccccc23)C(F)(F)F)NC1=O. The Bertz CT molecular complexity index is 881. The molecule has 0 radical (unpaired) electrons. The number of carbonyl (C=O) groups is 1. The van der Waals surface area contributed by atoms with Gasteiger partial charge < -0.3 is 0 Å². The van der Waals surface area contributed by atoms with Crippen LogP contribution in [0.3, 0.4) is 0 Å². The molecule has 0 spiro atoms. The first-order chi connectivity index (χ1) is 12.3. The molecule has 3 rings (SSSR count). The van der Waals surface area contributed by atoms with Crippen LogP contribution in [-0.4, -0.2) is 23.6 Å². The van der Waals surface area contributed by atoms with Crippen LogP contribution in [0.25, 0.3) is 10.8 Å². The van der Waals surface area contributed by atoms with Crippen LogP contribution in [0.4, 0.5) is 13.2 Å². The summed E-state index contributed by atoms with van der Waals surface area (Å²) in [5, 5.41) is 2.35. The number of halogens is 3. The van der Waals surface area contributed by atoms with E-state index in [1.165, 1.54) is 0 Å². The molecule has 1 saturated heterocycles. The van der Waals surface area contributed by atoms with Gasteiger partial charge in [-0.1, -0.05) is 57.2 Å². The summed E-state index contributed by atoms with van der Waals surface area (Å²) in [5.74, 6) is -0.395. The third-order valence-electron chi connectivity index (χ3n) is 5.10. The van der Waals surface area contributed by atoms with Crippen molar-refractivity contribution < 1.29 is 18.0 Å². The standard InChI is InChI=1S/C21H25F3N2O/c1-19(2,3)14-10-13-8-6-7-9-15(13)16(11-14)17(21(22,23)24)26-12-20(4,5)18(27)25-26/h6-11,17H,12H2,1-5H3,(H,25,27). The molecule has 1 atom stereocenters. The second kappa shape index (κ2) is 6.23. The molecule has 1 aliphatic heterocycles. The van der Waals surface area contributed by atoms with Crippen LogP contribution in [0.1, 0.15) is 51.8 Å². The molecule has 1 heterocycles. The lowest BCUT2D eigenvalue weighted by Crippen LogP contribution is -2.43. The van der Waals surface area contributed by atoms with E-state index in [0.29, 0.717) is 5.39 Å². The van der Waals surface area contributed by atoms with Crippen LogP contribution < -0.4 is 5.43 Å². The third kappa shape index (κ3) is 3.68. The molecule has 0 saturated carbocycles. The second-order valence-electron chi connectivity index (χ2n) is 8.93. The smallest absolute Gasteiger partial charge is 0.287 e. The number of benzene rings is 2. The number of nitrogens with one attached hydrogen (secondary N) is 1. The van der Waals surface area contributed by atoms with E-state index in [4.69, 9.17) is 0 Å². The van der Waals surface area contributed by atoms with Gasteiger partial charge in [-0.2, -0.15) is 13.2 Å². The molecule has 146 valence electrons. The Morgan fingerprint density at radius 2 is 1.74 bits per heavy atom. The van der Waals surface area contributed by atoms with Crippen molar-refractivity contribution in [3.05, 3.63) is 47.5 Å². The van der Waals surface area contributed by atoms with E-state index >= 15 is 0 Å². The molecule has 1 unspecified atom stereocenters. The normalized spacial score (nSPS) is 19.3. The number of alkyl halides is 3. The van der Waals surface area contributed by atoms with E-state index in [0.717, 1.165) is 16.0 Å². The monoisotopic (exact) mass is 378 g/mol. The Morgan fingerprint density at radius 1 is 1.11 bits per heavy atom. The molecule has 2 aromatic carbocycles. The lowest BCUT2D eigenvalue weighted by atomic mass is 9.83. The molecule has 1 N–H and O–H groups in total. The Morgan fingerprint density at radius 3 is 2.26 bits per heavy atom. The maximum atomic E-state index is 14.2. The van der Waals surface area contributed by atoms with Crippen LogP contribution in [0.5, 0.6) is 0 Å². The van der Waals surface area contributed by atoms with Gasteiger partial charge in [0.25, 0.3) is 0 Å². The van der Waals surface area contributed by atoms with Crippen molar-refractivity contribution in [3.8, 4) is 0 Å². The highest BCUT2D eigenvalue weighted by molar-refractivity contribution is 5.88. The fraction of sp³-hybridized carbons (Fsp3) is 0.476. The fourth-order valence-corrected chi connectivity index (χ4v) is 3.50. The summed E-state index contributed by atoms with van der Waals surface area (Å²) >= 11 is 0. The molecule has 1 amide bonds. The molecular formula is C21H25F3N2O. The zero-order valence-corrected chi connectivity index (χ0v) is 16.2. The molecular weight excluding hydrogens is 353 g/mol. The highest BCUT2D eigenvalue weighted by atomic mass is 19.4. The zero-order valence-electron chi connectivity index (χ0n) is 16.2. The molecule has 2 aromatic rings. The summed E-state index contributed by atoms with van der Waals surface area (Å²) in [6, 6.07) is 8.77. The van der Waals surface area contributed by atoms with Crippen LogP contribution in [-0.2, 0) is 10.2 Å². The number of fused-ring (bicyclic) bond motifs is 1. The highest BCUT2D eigenvalue weighted by Crippen LogP contribution is 2.44. The van der Waals surface area contributed by atoms with Crippen molar-refractivity contribution in [2.75, 3.05) is 6.54 Å². The van der Waals surface area contributed by atoms with Crippen molar-refractivity contribution in [1.82, 2.24) is 10.4 Å². The number of carbonyl (C=O) groups excluding carboxylic acids is 1. The topological polar surface area (TPSA) is 32.3 Å². The molecule has 0 bridgehead atoms. The second-order valence-corrected chi connectivity index (χ2v) is 8.93. The predicted octanol–water partition coefficient (Wildman–Crippen LogP) is 5.11. The maximum Gasteiger partial charge on any atom is 0.409 e. The van der Waals surface area contributed by atoms with Crippen molar-refractivity contribution in [2.45, 2.75) is 52.3 Å². The predicted molar refractivity (Wildman–Crippen MR) is 100 cm³/mol. The minimum atomic E-state index is -4.53. The number of rotatable bonds is 2. The zero-order chi connectivity index (χ0) is 20.2. The summed E-state index contributed by atoms with van der Waals surface area (Å²) in [7, 11) is 0. The highest BCUT2D eigenvalue weighted by Gasteiger charge is 2.51. The van der Waals surface area contributed by atoms with E-state index in [9.17, 15) is 18.0 Å². The van der Waals surface area contributed by atoms with E-state index in [2.05, 4.69) is 5.43 Å². The molecule has 3 nitrogen and oxygen atoms in total. The first-order valence-corrected chi connectivity index (χ1v) is 8.98. The fourth-order valence-electron chi connectivity index (χ4n) is 3.50. The molecule has 27 heavy (non-hydrogen) atoms. The average molecular weight is 378 g/mol. The van der Waals surface area contributed by atoms with E-state index in [1.54, 1.807) is 32.0 Å². The van der Waals surface area contributed by atoms with Crippen molar-refractivity contribution in [3.63, 3.8) is 0 Å². The van der Waals surface area contributed by atoms with E-state index in [-0.39, 0.29) is 17.5 Å². The Labute approximate surface area is 157 Å². The van der Waals surface area contributed by atoms with Gasteiger partial charge in [0.15, 0.2) is 6.04 Å². The molecule has 6 heteroatoms. The quantitative estimate of drug-likeness (QED) is 0.787. The van der Waals surface area contributed by atoms with Crippen molar-refractivity contribution in [2.24, 2.45) is 5.41 Å². The molecule has 1 fully saturated rings. The number of amides is 1. The van der Waals surface area contributed by atoms with E-state index in [1.807, 2.05) is 39.0 Å². The Kier molecular flexibility index (Phi) is 4.54. The van der Waals surface area contributed by atoms with Crippen LogP contribution in [0, 0.1) is 5.41 Å². The number of nitrogens with zero attached hydrogens (tertiary/aromatic N) is 1. The summed E-state index contributed by atoms with van der Waals surface area (Å²) in [4.78, 5) is 12.1. The number of hydrogen-bond donors (Lipinski definition) is 1. The minimum absolute atomic E-state index is 0.00984. The molecule has 0 aliphatic carbocycles. The molecule has 1 aliphatic rings. The van der Waals surface area contributed by atoms with Crippen LogP contribution >= 0.6 is 0 Å². The first-order valence-electron chi connectivity index (χ1n) is 8.98. The van der Waals surface area contributed by atoms with Crippen molar-refractivity contribution >= 4 is 16.7 Å².